The summed E-state index contributed by atoms with van der Waals surface area (Å²) in [5.74, 6) is 0.243. The third-order valence-electron chi connectivity index (χ3n) is 5.98. The van der Waals surface area contributed by atoms with Gasteiger partial charge in [0.1, 0.15) is 11.3 Å². The molecule has 1 aromatic heterocycles. The van der Waals surface area contributed by atoms with Gasteiger partial charge in [-0.3, -0.25) is 4.79 Å². The molecule has 0 atom stereocenters. The molecule has 1 amide bonds. The van der Waals surface area contributed by atoms with Crippen LogP contribution in [0.25, 0.3) is 10.2 Å². The van der Waals surface area contributed by atoms with Crippen molar-refractivity contribution in [1.82, 2.24) is 8.87 Å². The van der Waals surface area contributed by atoms with Crippen LogP contribution < -0.4 is 9.54 Å². The standard InChI is InChI=1S/C23H26ClN3O4S2/c1-4-27-20-19(31-3)10-5-15(2)21(20)32-23(27)25-22(28)16-11-13-26(14-12-16)33(29,30)18-8-6-17(24)7-9-18/h5-10,16H,4,11-14H2,1-3H3. The molecule has 2 aromatic carbocycles. The number of amides is 1. The van der Waals surface area contributed by atoms with Gasteiger partial charge in [0.15, 0.2) is 4.80 Å². The second-order valence-electron chi connectivity index (χ2n) is 7.97. The molecule has 0 unspecified atom stereocenters. The highest BCUT2D eigenvalue weighted by atomic mass is 35.5. The number of piperidine rings is 1. The molecular formula is C23H26ClN3O4S2. The SMILES string of the molecule is CCn1c(=NC(=O)C2CCN(S(=O)(=O)c3ccc(Cl)cc3)CC2)sc2c(C)ccc(OC)c21. The third-order valence-corrected chi connectivity index (χ3v) is 9.36. The van der Waals surface area contributed by atoms with Crippen LogP contribution in [0.2, 0.25) is 5.02 Å². The predicted molar refractivity (Wildman–Crippen MR) is 130 cm³/mol. The zero-order valence-corrected chi connectivity index (χ0v) is 21.1. The van der Waals surface area contributed by atoms with Gasteiger partial charge in [-0.1, -0.05) is 29.0 Å². The number of sulfonamides is 1. The van der Waals surface area contributed by atoms with Gasteiger partial charge < -0.3 is 9.30 Å². The predicted octanol–water partition coefficient (Wildman–Crippen LogP) is 4.22. The molecular weight excluding hydrogens is 482 g/mol. The summed E-state index contributed by atoms with van der Waals surface area (Å²) >= 11 is 7.36. The number of rotatable bonds is 5. The van der Waals surface area contributed by atoms with Crippen molar-refractivity contribution >= 4 is 49.1 Å². The number of aryl methyl sites for hydroxylation is 2. The molecule has 0 N–H and O–H groups in total. The smallest absolute Gasteiger partial charge is 0.251 e. The number of hydrogen-bond acceptors (Lipinski definition) is 5. The first-order valence-corrected chi connectivity index (χ1v) is 13.4. The maximum Gasteiger partial charge on any atom is 0.251 e. The molecule has 2 heterocycles. The van der Waals surface area contributed by atoms with Crippen LogP contribution in [0.1, 0.15) is 25.3 Å². The molecule has 10 heteroatoms. The van der Waals surface area contributed by atoms with Crippen molar-refractivity contribution < 1.29 is 17.9 Å². The van der Waals surface area contributed by atoms with E-state index >= 15 is 0 Å². The Labute approximate surface area is 202 Å². The maximum absolute atomic E-state index is 13.0. The fourth-order valence-corrected chi connectivity index (χ4v) is 6.89. The lowest BCUT2D eigenvalue weighted by Gasteiger charge is -2.29. The van der Waals surface area contributed by atoms with Crippen LogP contribution in [0.15, 0.2) is 46.3 Å². The molecule has 33 heavy (non-hydrogen) atoms. The maximum atomic E-state index is 13.0. The Bertz CT molecular complexity index is 1350. The van der Waals surface area contributed by atoms with Crippen LogP contribution in [0.4, 0.5) is 0 Å². The summed E-state index contributed by atoms with van der Waals surface area (Å²) in [6.07, 6.45) is 0.878. The zero-order valence-electron chi connectivity index (χ0n) is 18.7. The summed E-state index contributed by atoms with van der Waals surface area (Å²) in [7, 11) is -1.98. The monoisotopic (exact) mass is 507 g/mol. The zero-order chi connectivity index (χ0) is 23.8. The van der Waals surface area contributed by atoms with Crippen molar-refractivity contribution in [2.24, 2.45) is 10.9 Å². The van der Waals surface area contributed by atoms with E-state index in [2.05, 4.69) is 4.99 Å². The molecule has 0 aliphatic carbocycles. The lowest BCUT2D eigenvalue weighted by molar-refractivity contribution is -0.122. The Kier molecular flexibility index (Phi) is 6.95. The molecule has 0 spiro atoms. The molecule has 1 aliphatic heterocycles. The third kappa shape index (κ3) is 4.59. The molecule has 0 radical (unpaired) electrons. The summed E-state index contributed by atoms with van der Waals surface area (Å²) in [5.41, 5.74) is 2.05. The van der Waals surface area contributed by atoms with Gasteiger partial charge in [-0.25, -0.2) is 8.42 Å². The normalized spacial score (nSPS) is 16.4. The second-order valence-corrected chi connectivity index (χ2v) is 11.3. The first kappa shape index (κ1) is 23.9. The summed E-state index contributed by atoms with van der Waals surface area (Å²) in [6.45, 7) is 5.26. The number of methoxy groups -OCH3 is 1. The van der Waals surface area contributed by atoms with E-state index < -0.39 is 10.0 Å². The van der Waals surface area contributed by atoms with Gasteiger partial charge in [0.25, 0.3) is 5.91 Å². The number of hydrogen-bond donors (Lipinski definition) is 0. The molecule has 3 aromatic rings. The minimum absolute atomic E-state index is 0.205. The van der Waals surface area contributed by atoms with Crippen LogP contribution in [0.5, 0.6) is 5.75 Å². The number of aromatic nitrogens is 1. The number of halogens is 1. The van der Waals surface area contributed by atoms with Gasteiger partial charge in [0, 0.05) is 30.6 Å². The number of thiazole rings is 1. The lowest BCUT2D eigenvalue weighted by Crippen LogP contribution is -2.40. The Hall–Kier alpha value is -2.20. The van der Waals surface area contributed by atoms with Crippen LogP contribution in [0.3, 0.4) is 0 Å². The molecule has 176 valence electrons. The molecule has 7 nitrogen and oxygen atoms in total. The van der Waals surface area contributed by atoms with Crippen LogP contribution >= 0.6 is 22.9 Å². The number of carbonyl (C=O) groups is 1. The lowest BCUT2D eigenvalue weighted by atomic mass is 9.98. The Balaban J connectivity index is 1.56. The summed E-state index contributed by atoms with van der Waals surface area (Å²) in [4.78, 5) is 18.3. The highest BCUT2D eigenvalue weighted by Gasteiger charge is 2.32. The van der Waals surface area contributed by atoms with E-state index in [9.17, 15) is 13.2 Å². The van der Waals surface area contributed by atoms with E-state index in [1.165, 1.54) is 27.8 Å². The van der Waals surface area contributed by atoms with Crippen molar-refractivity contribution in [2.45, 2.75) is 38.1 Å². The topological polar surface area (TPSA) is 81.0 Å². The summed E-state index contributed by atoms with van der Waals surface area (Å²) in [6, 6.07) is 10.1. The Morgan fingerprint density at radius 1 is 1.18 bits per heavy atom. The van der Waals surface area contributed by atoms with E-state index in [-0.39, 0.29) is 29.8 Å². The molecule has 1 fully saturated rings. The largest absolute Gasteiger partial charge is 0.495 e. The minimum atomic E-state index is -3.61. The van der Waals surface area contributed by atoms with Crippen molar-refractivity contribution in [2.75, 3.05) is 20.2 Å². The van der Waals surface area contributed by atoms with Crippen molar-refractivity contribution in [1.29, 1.82) is 0 Å². The van der Waals surface area contributed by atoms with E-state index in [1.54, 1.807) is 19.2 Å². The van der Waals surface area contributed by atoms with E-state index in [0.717, 1.165) is 21.5 Å². The highest BCUT2D eigenvalue weighted by molar-refractivity contribution is 7.89. The van der Waals surface area contributed by atoms with E-state index in [4.69, 9.17) is 16.3 Å². The molecule has 1 aliphatic rings. The van der Waals surface area contributed by atoms with Gasteiger partial charge in [-0.15, -0.1) is 0 Å². The number of nitrogens with zero attached hydrogens (tertiary/aromatic N) is 3. The summed E-state index contributed by atoms with van der Waals surface area (Å²) in [5, 5.41) is 0.484. The van der Waals surface area contributed by atoms with E-state index in [0.29, 0.717) is 29.2 Å². The van der Waals surface area contributed by atoms with Crippen molar-refractivity contribution in [3.63, 3.8) is 0 Å². The molecule has 1 saturated heterocycles. The van der Waals surface area contributed by atoms with Gasteiger partial charge in [0.05, 0.1) is 16.7 Å². The number of benzene rings is 2. The number of carbonyl (C=O) groups excluding carboxylic acids is 1. The number of fused-ring (bicyclic) bond motifs is 1. The molecule has 4 rings (SSSR count). The Morgan fingerprint density at radius 2 is 1.85 bits per heavy atom. The van der Waals surface area contributed by atoms with Gasteiger partial charge in [-0.05, 0) is 62.6 Å². The average Bonchev–Trinajstić information content (AvgIpc) is 3.18. The molecule has 0 saturated carbocycles. The van der Waals surface area contributed by atoms with Crippen molar-refractivity contribution in [3.8, 4) is 5.75 Å². The van der Waals surface area contributed by atoms with Crippen LogP contribution in [-0.4, -0.2) is 43.4 Å². The fraction of sp³-hybridized carbons (Fsp3) is 0.391. The Morgan fingerprint density at radius 3 is 2.45 bits per heavy atom. The summed E-state index contributed by atoms with van der Waals surface area (Å²) < 4.78 is 35.8. The first-order valence-electron chi connectivity index (χ1n) is 10.8. The first-order chi connectivity index (χ1) is 15.8. The average molecular weight is 508 g/mol. The second kappa shape index (κ2) is 9.58. The minimum Gasteiger partial charge on any atom is -0.495 e. The highest BCUT2D eigenvalue weighted by Crippen LogP contribution is 2.31. The quantitative estimate of drug-likeness (QED) is 0.517. The van der Waals surface area contributed by atoms with E-state index in [1.807, 2.05) is 30.5 Å². The van der Waals surface area contributed by atoms with Crippen LogP contribution in [-0.2, 0) is 21.4 Å². The van der Waals surface area contributed by atoms with Crippen LogP contribution in [0, 0.1) is 12.8 Å². The van der Waals surface area contributed by atoms with Gasteiger partial charge >= 0.3 is 0 Å². The fourth-order valence-electron chi connectivity index (χ4n) is 4.11. The number of ether oxygens (including phenoxy) is 1. The van der Waals surface area contributed by atoms with Gasteiger partial charge in [-0.2, -0.15) is 9.30 Å². The van der Waals surface area contributed by atoms with Crippen molar-refractivity contribution in [3.05, 3.63) is 51.8 Å². The molecule has 0 bridgehead atoms. The van der Waals surface area contributed by atoms with Gasteiger partial charge in [0.2, 0.25) is 10.0 Å².